The average molecular weight is 358 g/mol. The molecular weight excluding hydrogens is 343 g/mol. The van der Waals surface area contributed by atoms with Crippen molar-refractivity contribution in [2.45, 2.75) is 32.2 Å². The van der Waals surface area contributed by atoms with Crippen LogP contribution in [0.15, 0.2) is 23.3 Å². The Kier molecular flexibility index (Phi) is 4.90. The lowest BCUT2D eigenvalue weighted by Gasteiger charge is -2.36. The molecule has 1 aliphatic rings. The number of rotatable bonds is 4. The summed E-state index contributed by atoms with van der Waals surface area (Å²) in [7, 11) is 0. The van der Waals surface area contributed by atoms with Crippen molar-refractivity contribution in [2.24, 2.45) is 10.5 Å². The minimum atomic E-state index is -3.37. The van der Waals surface area contributed by atoms with E-state index in [1.807, 2.05) is 6.07 Å². The standard InChI is InChI=1S/C16H15ClF3N3O/c1-15(9-17,16(2,19)20)14(24)23-13(3-4-22-23)11-5-10(8-21)6-12(18)7-11/h4-7,13H,3,9H2,1-2H3. The molecule has 2 rings (SSSR count). The zero-order valence-electron chi connectivity index (χ0n) is 13.1. The first kappa shape index (κ1) is 18.3. The van der Waals surface area contributed by atoms with Gasteiger partial charge in [-0.15, -0.1) is 11.6 Å². The van der Waals surface area contributed by atoms with Crippen molar-refractivity contribution < 1.29 is 18.0 Å². The number of amides is 1. The Labute approximate surface area is 142 Å². The first-order valence-electron chi connectivity index (χ1n) is 7.14. The Bertz CT molecular complexity index is 726. The third kappa shape index (κ3) is 3.11. The van der Waals surface area contributed by atoms with E-state index < -0.39 is 35.0 Å². The predicted molar refractivity (Wildman–Crippen MR) is 83.3 cm³/mol. The molecule has 8 heteroatoms. The van der Waals surface area contributed by atoms with Crippen molar-refractivity contribution in [2.75, 3.05) is 5.88 Å². The minimum Gasteiger partial charge on any atom is -0.272 e. The third-order valence-electron chi connectivity index (χ3n) is 4.18. The van der Waals surface area contributed by atoms with E-state index in [0.717, 1.165) is 24.1 Å². The minimum absolute atomic E-state index is 0.0743. The van der Waals surface area contributed by atoms with Crippen LogP contribution in [-0.4, -0.2) is 28.9 Å². The molecule has 0 bridgehead atoms. The molecule has 2 atom stereocenters. The van der Waals surface area contributed by atoms with Gasteiger partial charge in [-0.1, -0.05) is 0 Å². The maximum atomic E-state index is 13.9. The topological polar surface area (TPSA) is 56.5 Å². The summed E-state index contributed by atoms with van der Waals surface area (Å²) in [5.41, 5.74) is -1.76. The van der Waals surface area contributed by atoms with Gasteiger partial charge < -0.3 is 0 Å². The van der Waals surface area contributed by atoms with Crippen molar-refractivity contribution in [3.05, 3.63) is 35.1 Å². The number of hydrogen-bond acceptors (Lipinski definition) is 3. The van der Waals surface area contributed by atoms with Crippen molar-refractivity contribution >= 4 is 23.7 Å². The van der Waals surface area contributed by atoms with Gasteiger partial charge in [-0.3, -0.25) is 4.79 Å². The molecule has 4 nitrogen and oxygen atoms in total. The molecule has 0 radical (unpaired) electrons. The van der Waals surface area contributed by atoms with Gasteiger partial charge >= 0.3 is 0 Å². The molecular formula is C16H15ClF3N3O. The molecule has 0 saturated heterocycles. The molecule has 24 heavy (non-hydrogen) atoms. The number of nitrogens with zero attached hydrogens (tertiary/aromatic N) is 3. The number of hydrogen-bond donors (Lipinski definition) is 0. The summed E-state index contributed by atoms with van der Waals surface area (Å²) in [6.45, 7) is 1.69. The fourth-order valence-electron chi connectivity index (χ4n) is 2.37. The number of nitriles is 1. The van der Waals surface area contributed by atoms with Gasteiger partial charge in [0.05, 0.1) is 17.7 Å². The van der Waals surface area contributed by atoms with E-state index in [4.69, 9.17) is 16.9 Å². The summed E-state index contributed by atoms with van der Waals surface area (Å²) in [5, 5.41) is 13.7. The summed E-state index contributed by atoms with van der Waals surface area (Å²) < 4.78 is 41.5. The quantitative estimate of drug-likeness (QED) is 0.768. The summed E-state index contributed by atoms with van der Waals surface area (Å²) >= 11 is 5.65. The number of halogens is 4. The molecule has 1 aliphatic heterocycles. The highest BCUT2D eigenvalue weighted by molar-refractivity contribution is 6.20. The highest BCUT2D eigenvalue weighted by Gasteiger charge is 2.54. The van der Waals surface area contributed by atoms with Gasteiger partial charge in [0.1, 0.15) is 11.2 Å². The fraction of sp³-hybridized carbons (Fsp3) is 0.438. The van der Waals surface area contributed by atoms with Gasteiger partial charge in [-0.25, -0.2) is 18.2 Å². The van der Waals surface area contributed by atoms with Crippen molar-refractivity contribution in [1.82, 2.24) is 5.01 Å². The second kappa shape index (κ2) is 6.44. The Morgan fingerprint density at radius 2 is 2.12 bits per heavy atom. The Morgan fingerprint density at radius 3 is 2.67 bits per heavy atom. The van der Waals surface area contributed by atoms with E-state index in [0.29, 0.717) is 12.5 Å². The molecule has 0 aliphatic carbocycles. The Morgan fingerprint density at radius 1 is 1.46 bits per heavy atom. The number of carbonyl (C=O) groups excluding carboxylic acids is 1. The Hall–Kier alpha value is -2.07. The van der Waals surface area contributed by atoms with Crippen LogP contribution < -0.4 is 0 Å². The van der Waals surface area contributed by atoms with E-state index in [1.54, 1.807) is 0 Å². The van der Waals surface area contributed by atoms with E-state index >= 15 is 0 Å². The normalized spacial score (nSPS) is 19.9. The molecule has 1 amide bonds. The largest absolute Gasteiger partial charge is 0.272 e. The monoisotopic (exact) mass is 357 g/mol. The SMILES string of the molecule is CC(F)(F)C(C)(CCl)C(=O)N1N=CCC1c1cc(F)cc(C#N)c1. The van der Waals surface area contributed by atoms with Gasteiger partial charge in [0.15, 0.2) is 0 Å². The van der Waals surface area contributed by atoms with E-state index in [9.17, 15) is 18.0 Å². The number of alkyl halides is 3. The lowest BCUT2D eigenvalue weighted by atomic mass is 9.84. The second-order valence-electron chi connectivity index (χ2n) is 5.94. The third-order valence-corrected chi connectivity index (χ3v) is 4.71. The summed E-state index contributed by atoms with van der Waals surface area (Å²) in [6.07, 6.45) is 1.62. The van der Waals surface area contributed by atoms with Crippen LogP contribution in [0.5, 0.6) is 0 Å². The van der Waals surface area contributed by atoms with E-state index in [2.05, 4.69) is 5.10 Å². The van der Waals surface area contributed by atoms with Crippen LogP contribution in [0.2, 0.25) is 0 Å². The lowest BCUT2D eigenvalue weighted by Crippen LogP contribution is -2.51. The van der Waals surface area contributed by atoms with E-state index in [1.165, 1.54) is 12.3 Å². The molecule has 0 spiro atoms. The first-order valence-corrected chi connectivity index (χ1v) is 7.68. The highest BCUT2D eigenvalue weighted by atomic mass is 35.5. The van der Waals surface area contributed by atoms with Gasteiger partial charge in [0.25, 0.3) is 11.8 Å². The number of carbonyl (C=O) groups is 1. The summed E-state index contributed by atoms with van der Waals surface area (Å²) in [6, 6.07) is 4.67. The second-order valence-corrected chi connectivity index (χ2v) is 6.21. The predicted octanol–water partition coefficient (Wildman–Crippen LogP) is 3.86. The molecule has 1 aromatic rings. The zero-order valence-corrected chi connectivity index (χ0v) is 13.8. The van der Waals surface area contributed by atoms with Crippen molar-refractivity contribution in [3.63, 3.8) is 0 Å². The maximum absolute atomic E-state index is 13.9. The fourth-order valence-corrected chi connectivity index (χ4v) is 2.72. The smallest absolute Gasteiger partial charge is 0.260 e. The van der Waals surface area contributed by atoms with Crippen LogP contribution in [-0.2, 0) is 4.79 Å². The molecule has 1 aromatic carbocycles. The Balaban J connectivity index is 2.41. The highest BCUT2D eigenvalue weighted by Crippen LogP contribution is 2.42. The van der Waals surface area contributed by atoms with Crippen LogP contribution in [0.1, 0.15) is 37.4 Å². The van der Waals surface area contributed by atoms with Crippen LogP contribution in [0.4, 0.5) is 13.2 Å². The molecule has 2 unspecified atom stereocenters. The molecule has 1 heterocycles. The van der Waals surface area contributed by atoms with Crippen LogP contribution in [0.3, 0.4) is 0 Å². The van der Waals surface area contributed by atoms with Crippen molar-refractivity contribution in [1.29, 1.82) is 5.26 Å². The summed E-state index contributed by atoms with van der Waals surface area (Å²) in [4.78, 5) is 12.7. The van der Waals surface area contributed by atoms with Gasteiger partial charge in [-0.2, -0.15) is 10.4 Å². The van der Waals surface area contributed by atoms with Gasteiger partial charge in [-0.05, 0) is 30.7 Å². The van der Waals surface area contributed by atoms with Crippen LogP contribution in [0.25, 0.3) is 0 Å². The zero-order chi connectivity index (χ0) is 18.1. The molecule has 0 aromatic heterocycles. The molecule has 0 N–H and O–H groups in total. The maximum Gasteiger partial charge on any atom is 0.260 e. The molecule has 128 valence electrons. The van der Waals surface area contributed by atoms with Crippen LogP contribution >= 0.6 is 11.6 Å². The van der Waals surface area contributed by atoms with Crippen molar-refractivity contribution in [3.8, 4) is 6.07 Å². The first-order chi connectivity index (χ1) is 11.1. The van der Waals surface area contributed by atoms with Gasteiger partial charge in [0.2, 0.25) is 0 Å². The number of hydrazone groups is 1. The molecule has 0 saturated carbocycles. The average Bonchev–Trinajstić information content (AvgIpc) is 3.01. The number of benzene rings is 1. The summed E-state index contributed by atoms with van der Waals surface area (Å²) in [5.74, 6) is -5.56. The van der Waals surface area contributed by atoms with Crippen LogP contribution in [0, 0.1) is 22.6 Å². The molecule has 0 fully saturated rings. The lowest BCUT2D eigenvalue weighted by molar-refractivity contribution is -0.163. The van der Waals surface area contributed by atoms with Gasteiger partial charge in [0, 0.05) is 25.4 Å². The van der Waals surface area contributed by atoms with E-state index in [-0.39, 0.29) is 12.0 Å².